The number of anilines is 1. The van der Waals surface area contributed by atoms with E-state index in [1.807, 2.05) is 34.6 Å². The first-order chi connectivity index (χ1) is 10.6. The average Bonchev–Trinajstić information content (AvgIpc) is 2.40. The third kappa shape index (κ3) is 6.99. The number of halogens is 1. The normalized spacial score (nSPS) is 12.8. The molecule has 1 aromatic carbocycles. The Bertz CT molecular complexity index is 571. The number of ether oxygens (including phenoxy) is 1. The third-order valence-electron chi connectivity index (χ3n) is 2.82. The van der Waals surface area contributed by atoms with Gasteiger partial charge in [-0.1, -0.05) is 0 Å². The first kappa shape index (κ1) is 19.4. The average molecular weight is 344 g/mol. The molecule has 0 aliphatic heterocycles. The number of benzene rings is 1. The van der Waals surface area contributed by atoms with Crippen LogP contribution in [0.4, 0.5) is 14.9 Å². The fourth-order valence-electron chi connectivity index (χ4n) is 1.67. The van der Waals surface area contributed by atoms with Crippen molar-refractivity contribution in [1.82, 2.24) is 5.32 Å². The van der Waals surface area contributed by atoms with Gasteiger partial charge in [0.1, 0.15) is 11.6 Å². The van der Waals surface area contributed by atoms with Crippen LogP contribution in [0.1, 0.15) is 34.6 Å². The molecule has 0 heterocycles. The largest absolute Gasteiger partial charge is 0.491 e. The van der Waals surface area contributed by atoms with Gasteiger partial charge in [-0.05, 0) is 46.8 Å². The number of carbonyl (C=O) groups excluding carboxylic acids is 1. The first-order valence-corrected chi connectivity index (χ1v) is 8.81. The lowest BCUT2D eigenvalue weighted by Gasteiger charge is -2.17. The quantitative estimate of drug-likeness (QED) is 0.832. The zero-order valence-corrected chi connectivity index (χ0v) is 15.1. The highest BCUT2D eigenvalue weighted by Crippen LogP contribution is 2.21. The molecule has 7 heteroatoms. The lowest BCUT2D eigenvalue weighted by atomic mass is 10.3. The Morgan fingerprint density at radius 2 is 2.00 bits per heavy atom. The van der Waals surface area contributed by atoms with E-state index < -0.39 is 22.6 Å². The molecule has 2 N–H and O–H groups in total. The molecular weight excluding hydrogens is 319 g/mol. The summed E-state index contributed by atoms with van der Waals surface area (Å²) in [7, 11) is -1.05. The number of carbonyl (C=O) groups is 1. The number of hydrogen-bond acceptors (Lipinski definition) is 3. The van der Waals surface area contributed by atoms with E-state index in [9.17, 15) is 13.4 Å². The Labute approximate surface area is 139 Å². The molecule has 0 aromatic heterocycles. The van der Waals surface area contributed by atoms with Crippen molar-refractivity contribution in [2.75, 3.05) is 17.6 Å². The Morgan fingerprint density at radius 3 is 2.52 bits per heavy atom. The Hall–Kier alpha value is -1.63. The molecule has 0 aliphatic carbocycles. The van der Waals surface area contributed by atoms with Crippen LogP contribution in [-0.2, 0) is 10.8 Å². The molecule has 5 nitrogen and oxygen atoms in total. The number of hydrogen-bond donors (Lipinski definition) is 2. The lowest BCUT2D eigenvalue weighted by Crippen LogP contribution is -2.35. The summed E-state index contributed by atoms with van der Waals surface area (Å²) in [6.07, 6.45) is -0.0554. The van der Waals surface area contributed by atoms with E-state index in [0.717, 1.165) is 0 Å². The minimum atomic E-state index is -1.05. The fourth-order valence-corrected chi connectivity index (χ4v) is 2.57. The van der Waals surface area contributed by atoms with Gasteiger partial charge in [-0.2, -0.15) is 0 Å². The summed E-state index contributed by atoms with van der Waals surface area (Å²) >= 11 is 0. The minimum absolute atomic E-state index is 0.0554. The van der Waals surface area contributed by atoms with E-state index in [0.29, 0.717) is 11.5 Å². The van der Waals surface area contributed by atoms with Crippen molar-refractivity contribution >= 4 is 22.5 Å². The van der Waals surface area contributed by atoms with Gasteiger partial charge < -0.3 is 15.4 Å². The van der Waals surface area contributed by atoms with E-state index in [4.69, 9.17) is 4.74 Å². The highest BCUT2D eigenvalue weighted by atomic mass is 32.2. The molecule has 1 aromatic rings. The van der Waals surface area contributed by atoms with Crippen LogP contribution in [0.25, 0.3) is 0 Å². The molecule has 0 fully saturated rings. The van der Waals surface area contributed by atoms with Gasteiger partial charge in [-0.15, -0.1) is 0 Å². The zero-order valence-electron chi connectivity index (χ0n) is 14.2. The van der Waals surface area contributed by atoms with Gasteiger partial charge in [0.2, 0.25) is 0 Å². The maximum absolute atomic E-state index is 13.9. The van der Waals surface area contributed by atoms with Gasteiger partial charge in [-0.25, -0.2) is 9.18 Å². The summed E-state index contributed by atoms with van der Waals surface area (Å²) in [5.74, 6) is 0.182. The van der Waals surface area contributed by atoms with E-state index in [2.05, 4.69) is 10.6 Å². The van der Waals surface area contributed by atoms with Crippen molar-refractivity contribution in [2.24, 2.45) is 0 Å². The summed E-state index contributed by atoms with van der Waals surface area (Å²) in [4.78, 5) is 11.7. The van der Waals surface area contributed by atoms with Gasteiger partial charge in [-0.3, -0.25) is 4.21 Å². The maximum atomic E-state index is 13.9. The van der Waals surface area contributed by atoms with Gasteiger partial charge >= 0.3 is 6.03 Å². The number of urea groups is 1. The van der Waals surface area contributed by atoms with Crippen LogP contribution in [0, 0.1) is 5.82 Å². The molecule has 0 bridgehead atoms. The summed E-state index contributed by atoms with van der Waals surface area (Å²) in [6.45, 7) is 9.57. The molecule has 2 amide bonds. The molecule has 0 spiro atoms. The number of rotatable bonds is 6. The number of amides is 2. The molecular formula is C16H25FN2O3S. The van der Waals surface area contributed by atoms with Crippen molar-refractivity contribution in [3.05, 3.63) is 24.0 Å². The highest BCUT2D eigenvalue weighted by Gasteiger charge is 2.19. The number of nitrogens with one attached hydrogen (secondary N) is 2. The van der Waals surface area contributed by atoms with Crippen LogP contribution in [0.2, 0.25) is 0 Å². The molecule has 1 atom stereocenters. The molecule has 0 saturated heterocycles. The molecule has 0 aliphatic rings. The van der Waals surface area contributed by atoms with Crippen LogP contribution >= 0.6 is 0 Å². The lowest BCUT2D eigenvalue weighted by molar-refractivity contribution is 0.241. The fraction of sp³-hybridized carbons (Fsp3) is 0.562. The van der Waals surface area contributed by atoms with Gasteiger partial charge in [0.25, 0.3) is 0 Å². The van der Waals surface area contributed by atoms with Crippen molar-refractivity contribution in [1.29, 1.82) is 0 Å². The van der Waals surface area contributed by atoms with Gasteiger partial charge in [0, 0.05) is 33.9 Å². The SMILES string of the molecule is CC(C)Oc1ccc(NC(=O)NCCS(=O)C(C)(C)C)c(F)c1. The van der Waals surface area contributed by atoms with E-state index >= 15 is 0 Å². The zero-order chi connectivity index (χ0) is 17.6. The Kier molecular flexibility index (Phi) is 7.00. The third-order valence-corrected chi connectivity index (χ3v) is 4.76. The predicted molar refractivity (Wildman–Crippen MR) is 91.9 cm³/mol. The summed E-state index contributed by atoms with van der Waals surface area (Å²) in [5.41, 5.74) is 0.0653. The second-order valence-corrected chi connectivity index (χ2v) is 8.68. The van der Waals surface area contributed by atoms with Crippen LogP contribution < -0.4 is 15.4 Å². The molecule has 23 heavy (non-hydrogen) atoms. The first-order valence-electron chi connectivity index (χ1n) is 7.49. The molecule has 0 saturated carbocycles. The summed E-state index contributed by atoms with van der Waals surface area (Å²) in [5, 5.41) is 4.99. The van der Waals surface area contributed by atoms with Crippen LogP contribution in [0.3, 0.4) is 0 Å². The standard InChI is InChI=1S/C16H25FN2O3S/c1-11(2)22-12-6-7-14(13(17)10-12)19-15(20)18-8-9-23(21)16(3,4)5/h6-7,10-11H,8-9H2,1-5H3,(H2,18,19,20). The van der Waals surface area contributed by atoms with Crippen LogP contribution in [-0.4, -0.2) is 33.4 Å². The van der Waals surface area contributed by atoms with Crippen molar-refractivity contribution in [3.63, 3.8) is 0 Å². The second kappa shape index (κ2) is 8.29. The monoisotopic (exact) mass is 344 g/mol. The molecule has 0 radical (unpaired) electrons. The highest BCUT2D eigenvalue weighted by molar-refractivity contribution is 7.86. The van der Waals surface area contributed by atoms with Gasteiger partial charge in [0.15, 0.2) is 0 Å². The molecule has 1 unspecified atom stereocenters. The van der Waals surface area contributed by atoms with Crippen molar-refractivity contribution in [3.8, 4) is 5.75 Å². The van der Waals surface area contributed by atoms with E-state index in [1.165, 1.54) is 12.1 Å². The van der Waals surface area contributed by atoms with Crippen LogP contribution in [0.5, 0.6) is 5.75 Å². The van der Waals surface area contributed by atoms with Gasteiger partial charge in [0.05, 0.1) is 11.8 Å². The van der Waals surface area contributed by atoms with E-state index in [1.54, 1.807) is 6.07 Å². The topological polar surface area (TPSA) is 67.4 Å². The Morgan fingerprint density at radius 1 is 1.35 bits per heavy atom. The van der Waals surface area contributed by atoms with Crippen LogP contribution in [0.15, 0.2) is 18.2 Å². The molecule has 1 rings (SSSR count). The smallest absolute Gasteiger partial charge is 0.319 e. The maximum Gasteiger partial charge on any atom is 0.319 e. The van der Waals surface area contributed by atoms with Crippen molar-refractivity contribution < 1.29 is 18.1 Å². The Balaban J connectivity index is 2.50. The molecule has 130 valence electrons. The summed E-state index contributed by atoms with van der Waals surface area (Å²) in [6, 6.07) is 3.73. The predicted octanol–water partition coefficient (Wildman–Crippen LogP) is 3.28. The van der Waals surface area contributed by atoms with Crippen molar-refractivity contribution in [2.45, 2.75) is 45.5 Å². The van der Waals surface area contributed by atoms with E-state index in [-0.39, 0.29) is 23.1 Å². The summed E-state index contributed by atoms with van der Waals surface area (Å²) < 4.78 is 30.8. The second-order valence-electron chi connectivity index (χ2n) is 6.35. The minimum Gasteiger partial charge on any atom is -0.491 e.